The molecule has 0 bridgehead atoms. The van der Waals surface area contributed by atoms with Crippen molar-refractivity contribution >= 4 is 18.2 Å². The first-order valence-electron chi connectivity index (χ1n) is 4.89. The minimum Gasteiger partial charge on any atom is -0.462 e. The van der Waals surface area contributed by atoms with Gasteiger partial charge in [0, 0.05) is 13.3 Å². The van der Waals surface area contributed by atoms with Gasteiger partial charge in [-0.15, -0.1) is 0 Å². The van der Waals surface area contributed by atoms with E-state index in [-0.39, 0.29) is 24.5 Å². The predicted molar refractivity (Wildman–Crippen MR) is 58.1 cm³/mol. The first-order valence-corrected chi connectivity index (χ1v) is 4.89. The molecule has 0 aromatic carbocycles. The molecule has 0 aromatic rings. The van der Waals surface area contributed by atoms with Gasteiger partial charge in [-0.1, -0.05) is 0 Å². The monoisotopic (exact) mass is 228 g/mol. The second-order valence-electron chi connectivity index (χ2n) is 2.62. The zero-order valence-corrected chi connectivity index (χ0v) is 9.62. The van der Waals surface area contributed by atoms with Gasteiger partial charge in [-0.25, -0.2) is 9.59 Å². The highest BCUT2D eigenvalue weighted by Gasteiger charge is 2.20. The molecule has 0 saturated carbocycles. The second-order valence-corrected chi connectivity index (χ2v) is 2.62. The maximum atomic E-state index is 11.4. The van der Waals surface area contributed by atoms with E-state index in [1.807, 2.05) is 0 Å². The molecule has 0 saturated heterocycles. The van der Waals surface area contributed by atoms with Crippen molar-refractivity contribution in [2.24, 2.45) is 0 Å². The van der Waals surface area contributed by atoms with Crippen LogP contribution in [0.1, 0.15) is 13.8 Å². The zero-order chi connectivity index (χ0) is 12.6. The molecule has 0 aliphatic carbocycles. The minimum atomic E-state index is -0.727. The molecular formula is C10H16N2O4. The van der Waals surface area contributed by atoms with Crippen molar-refractivity contribution in [2.45, 2.75) is 13.8 Å². The van der Waals surface area contributed by atoms with E-state index in [0.717, 1.165) is 6.21 Å². The van der Waals surface area contributed by atoms with Crippen molar-refractivity contribution in [1.82, 2.24) is 5.32 Å². The lowest BCUT2D eigenvalue weighted by molar-refractivity contribution is -0.141. The lowest BCUT2D eigenvalue weighted by Gasteiger charge is -2.09. The molecule has 0 aliphatic heterocycles. The van der Waals surface area contributed by atoms with Crippen molar-refractivity contribution < 1.29 is 19.1 Å². The van der Waals surface area contributed by atoms with Crippen LogP contribution in [0.2, 0.25) is 0 Å². The summed E-state index contributed by atoms with van der Waals surface area (Å²) in [5.41, 5.74) is -0.224. The van der Waals surface area contributed by atoms with Gasteiger partial charge in [0.05, 0.1) is 13.2 Å². The van der Waals surface area contributed by atoms with E-state index in [2.05, 4.69) is 5.32 Å². The van der Waals surface area contributed by atoms with Crippen LogP contribution in [-0.4, -0.2) is 38.4 Å². The molecule has 0 aliphatic rings. The first kappa shape index (κ1) is 14.2. The molecule has 90 valence electrons. The SMILES string of the molecule is CCOC(=O)/C(C=N)=C(/NC)C(=O)OCC. The van der Waals surface area contributed by atoms with Crippen LogP contribution in [0.25, 0.3) is 0 Å². The van der Waals surface area contributed by atoms with Gasteiger partial charge in [0.15, 0.2) is 0 Å². The smallest absolute Gasteiger partial charge is 0.355 e. The number of carbonyl (C=O) groups is 2. The van der Waals surface area contributed by atoms with E-state index in [0.29, 0.717) is 0 Å². The van der Waals surface area contributed by atoms with E-state index < -0.39 is 11.9 Å². The molecule has 0 heterocycles. The maximum Gasteiger partial charge on any atom is 0.355 e. The van der Waals surface area contributed by atoms with E-state index in [4.69, 9.17) is 14.9 Å². The number of rotatable bonds is 6. The van der Waals surface area contributed by atoms with Crippen molar-refractivity contribution in [3.05, 3.63) is 11.3 Å². The molecule has 0 atom stereocenters. The zero-order valence-electron chi connectivity index (χ0n) is 9.62. The lowest BCUT2D eigenvalue weighted by atomic mass is 10.2. The van der Waals surface area contributed by atoms with Gasteiger partial charge in [-0.3, -0.25) is 0 Å². The molecule has 0 fully saturated rings. The fourth-order valence-electron chi connectivity index (χ4n) is 0.992. The fraction of sp³-hybridized carbons (Fsp3) is 0.500. The third-order valence-corrected chi connectivity index (χ3v) is 1.64. The fourth-order valence-corrected chi connectivity index (χ4v) is 0.992. The number of nitrogens with one attached hydrogen (secondary N) is 2. The Balaban J connectivity index is 5.12. The van der Waals surface area contributed by atoms with Gasteiger partial charge in [0.25, 0.3) is 0 Å². The van der Waals surface area contributed by atoms with E-state index >= 15 is 0 Å². The number of ether oxygens (including phenoxy) is 2. The Bertz CT molecular complexity index is 310. The Morgan fingerprint density at radius 3 is 2.06 bits per heavy atom. The summed E-state index contributed by atoms with van der Waals surface area (Å²) in [6.45, 7) is 3.66. The summed E-state index contributed by atoms with van der Waals surface area (Å²) in [7, 11) is 1.47. The molecule has 0 rings (SSSR count). The van der Waals surface area contributed by atoms with Gasteiger partial charge < -0.3 is 20.2 Å². The van der Waals surface area contributed by atoms with E-state index in [9.17, 15) is 9.59 Å². The predicted octanol–water partition coefficient (Wildman–Crippen LogP) is 0.236. The summed E-state index contributed by atoms with van der Waals surface area (Å²) >= 11 is 0. The largest absolute Gasteiger partial charge is 0.462 e. The second kappa shape index (κ2) is 7.44. The average molecular weight is 228 g/mol. The molecule has 6 nitrogen and oxygen atoms in total. The van der Waals surface area contributed by atoms with Gasteiger partial charge in [-0.05, 0) is 13.8 Å². The van der Waals surface area contributed by atoms with Crippen molar-refractivity contribution in [3.8, 4) is 0 Å². The summed E-state index contributed by atoms with van der Waals surface area (Å²) in [5, 5.41) is 9.63. The highest BCUT2D eigenvalue weighted by molar-refractivity contribution is 6.14. The van der Waals surface area contributed by atoms with Crippen LogP contribution >= 0.6 is 0 Å². The van der Waals surface area contributed by atoms with Gasteiger partial charge in [-0.2, -0.15) is 0 Å². The Morgan fingerprint density at radius 1 is 1.19 bits per heavy atom. The summed E-state index contributed by atoms with van der Waals surface area (Å²) in [6.07, 6.45) is 0.765. The molecule has 0 amide bonds. The average Bonchev–Trinajstić information content (AvgIpc) is 2.25. The van der Waals surface area contributed by atoms with Gasteiger partial charge in [0.1, 0.15) is 11.3 Å². The van der Waals surface area contributed by atoms with E-state index in [1.54, 1.807) is 13.8 Å². The van der Waals surface area contributed by atoms with Crippen molar-refractivity contribution in [3.63, 3.8) is 0 Å². The van der Waals surface area contributed by atoms with E-state index in [1.165, 1.54) is 7.05 Å². The van der Waals surface area contributed by atoms with Crippen molar-refractivity contribution in [1.29, 1.82) is 5.41 Å². The van der Waals surface area contributed by atoms with Crippen molar-refractivity contribution in [2.75, 3.05) is 20.3 Å². The standard InChI is InChI=1S/C10H16N2O4/c1-4-15-9(13)7(6-11)8(12-3)10(14)16-5-2/h6,11-12H,4-5H2,1-3H3/b8-7+,11-6?. The topological polar surface area (TPSA) is 88.5 Å². The van der Waals surface area contributed by atoms with Crippen LogP contribution in [0.5, 0.6) is 0 Å². The molecule has 16 heavy (non-hydrogen) atoms. The van der Waals surface area contributed by atoms with Crippen LogP contribution in [0.15, 0.2) is 11.3 Å². The number of carbonyl (C=O) groups excluding carboxylic acids is 2. The Kier molecular flexibility index (Phi) is 6.58. The minimum absolute atomic E-state index is 0.0738. The van der Waals surface area contributed by atoms with Crippen LogP contribution in [0.3, 0.4) is 0 Å². The van der Waals surface area contributed by atoms with Gasteiger partial charge >= 0.3 is 11.9 Å². The van der Waals surface area contributed by atoms with Gasteiger partial charge in [0.2, 0.25) is 0 Å². The van der Waals surface area contributed by atoms with Crippen LogP contribution in [0.4, 0.5) is 0 Å². The highest BCUT2D eigenvalue weighted by Crippen LogP contribution is 2.04. The molecule has 0 spiro atoms. The highest BCUT2D eigenvalue weighted by atomic mass is 16.5. The summed E-state index contributed by atoms with van der Waals surface area (Å²) in [5.74, 6) is -1.41. The quantitative estimate of drug-likeness (QED) is 0.386. The summed E-state index contributed by atoms with van der Waals surface area (Å²) in [4.78, 5) is 22.8. The molecule has 6 heteroatoms. The number of hydrogen-bond acceptors (Lipinski definition) is 6. The number of likely N-dealkylation sites (N-methyl/N-ethyl adjacent to an activating group) is 1. The third kappa shape index (κ3) is 3.72. The third-order valence-electron chi connectivity index (χ3n) is 1.64. The summed E-state index contributed by atoms with van der Waals surface area (Å²) < 4.78 is 9.45. The molecule has 0 aromatic heterocycles. The molecule has 2 N–H and O–H groups in total. The normalized spacial score (nSPS) is 11.2. The summed E-state index contributed by atoms with van der Waals surface area (Å²) in [6, 6.07) is 0. The van der Waals surface area contributed by atoms with Crippen LogP contribution in [0, 0.1) is 5.41 Å². The molecule has 0 unspecified atom stereocenters. The Labute approximate surface area is 94.1 Å². The molecular weight excluding hydrogens is 212 g/mol. The first-order chi connectivity index (χ1) is 7.62. The molecule has 0 radical (unpaired) electrons. The van der Waals surface area contributed by atoms with Crippen LogP contribution in [-0.2, 0) is 19.1 Å². The Morgan fingerprint density at radius 2 is 1.69 bits per heavy atom. The Hall–Kier alpha value is -1.85. The number of esters is 2. The number of hydrogen-bond donors (Lipinski definition) is 2. The maximum absolute atomic E-state index is 11.4. The lowest BCUT2D eigenvalue weighted by Crippen LogP contribution is -2.25. The van der Waals surface area contributed by atoms with Crippen LogP contribution < -0.4 is 5.32 Å².